The summed E-state index contributed by atoms with van der Waals surface area (Å²) in [7, 11) is 1.81. The number of carbonyl (C=O) groups excluding carboxylic acids is 1. The molecule has 5 N–H and O–H groups in total. The van der Waals surface area contributed by atoms with Crippen LogP contribution in [-0.4, -0.2) is 20.7 Å². The molecule has 18 heavy (non-hydrogen) atoms. The van der Waals surface area contributed by atoms with E-state index in [1.54, 1.807) is 10.9 Å². The number of rotatable bonds is 3. The molecule has 2 rings (SSSR count). The van der Waals surface area contributed by atoms with Crippen molar-refractivity contribution in [3.63, 3.8) is 0 Å². The van der Waals surface area contributed by atoms with Crippen molar-refractivity contribution in [2.75, 3.05) is 11.1 Å². The van der Waals surface area contributed by atoms with Gasteiger partial charge in [-0.1, -0.05) is 0 Å². The molecule has 0 aliphatic carbocycles. The number of nitrogens with two attached hydrogens (primary N) is 2. The molecule has 0 aliphatic rings. The smallest absolute Gasteiger partial charge is 0.252 e. The molecule has 0 saturated carbocycles. The third-order valence-electron chi connectivity index (χ3n) is 2.44. The zero-order valence-electron chi connectivity index (χ0n) is 10.1. The van der Waals surface area contributed by atoms with Crippen LogP contribution in [0.5, 0.6) is 0 Å². The number of nitrogens with one attached hydrogen (secondary N) is 1. The first-order chi connectivity index (χ1) is 8.47. The van der Waals surface area contributed by atoms with Crippen molar-refractivity contribution in [2.45, 2.75) is 6.92 Å². The lowest BCUT2D eigenvalue weighted by molar-refractivity contribution is 0.100. The Morgan fingerprint density at radius 2 is 2.22 bits per heavy atom. The van der Waals surface area contributed by atoms with Gasteiger partial charge in [-0.3, -0.25) is 9.48 Å². The Balaban J connectivity index is 2.40. The standard InChI is InChI=1S/C11H14N6O/c1-6-9(5-17(2)16-6)15-11-8(10(13)18)3-7(12)4-14-11/h3-5H,12H2,1-2H3,(H2,13,18)(H,14,15). The van der Waals surface area contributed by atoms with Gasteiger partial charge in [-0.15, -0.1) is 0 Å². The first kappa shape index (κ1) is 11.9. The lowest BCUT2D eigenvalue weighted by Crippen LogP contribution is -2.14. The van der Waals surface area contributed by atoms with E-state index in [-0.39, 0.29) is 5.56 Å². The predicted octanol–water partition coefficient (Wildman–Crippen LogP) is 0.548. The van der Waals surface area contributed by atoms with E-state index in [4.69, 9.17) is 11.5 Å². The Hall–Kier alpha value is -2.57. The highest BCUT2D eigenvalue weighted by Crippen LogP contribution is 2.21. The monoisotopic (exact) mass is 246 g/mol. The van der Waals surface area contributed by atoms with Gasteiger partial charge in [0.2, 0.25) is 0 Å². The van der Waals surface area contributed by atoms with Crippen LogP contribution in [-0.2, 0) is 7.05 Å². The summed E-state index contributed by atoms with van der Waals surface area (Å²) in [6.45, 7) is 1.85. The van der Waals surface area contributed by atoms with E-state index in [1.807, 2.05) is 14.0 Å². The SMILES string of the molecule is Cc1nn(C)cc1Nc1ncc(N)cc1C(N)=O. The molecule has 7 heteroatoms. The Kier molecular flexibility index (Phi) is 2.88. The number of hydrogen-bond donors (Lipinski definition) is 3. The van der Waals surface area contributed by atoms with Crippen LogP contribution < -0.4 is 16.8 Å². The van der Waals surface area contributed by atoms with E-state index >= 15 is 0 Å². The number of pyridine rings is 1. The van der Waals surface area contributed by atoms with Gasteiger partial charge in [-0.05, 0) is 13.0 Å². The fourth-order valence-corrected chi connectivity index (χ4v) is 1.62. The zero-order chi connectivity index (χ0) is 13.3. The molecule has 7 nitrogen and oxygen atoms in total. The molecule has 0 unspecified atom stereocenters. The van der Waals surface area contributed by atoms with E-state index in [9.17, 15) is 4.79 Å². The van der Waals surface area contributed by atoms with Gasteiger partial charge in [0.05, 0.1) is 28.8 Å². The van der Waals surface area contributed by atoms with E-state index in [0.29, 0.717) is 11.5 Å². The molecule has 0 fully saturated rings. The first-order valence-electron chi connectivity index (χ1n) is 5.30. The van der Waals surface area contributed by atoms with Crippen molar-refractivity contribution in [3.05, 3.63) is 29.7 Å². The predicted molar refractivity (Wildman–Crippen MR) is 68.4 cm³/mol. The fourth-order valence-electron chi connectivity index (χ4n) is 1.62. The number of anilines is 3. The van der Waals surface area contributed by atoms with Crippen LogP contribution in [0.1, 0.15) is 16.1 Å². The lowest BCUT2D eigenvalue weighted by Gasteiger charge is -2.08. The van der Waals surface area contributed by atoms with Crippen molar-refractivity contribution < 1.29 is 4.79 Å². The summed E-state index contributed by atoms with van der Waals surface area (Å²) in [4.78, 5) is 15.4. The summed E-state index contributed by atoms with van der Waals surface area (Å²) in [5, 5.41) is 7.20. The van der Waals surface area contributed by atoms with Gasteiger partial charge < -0.3 is 16.8 Å². The van der Waals surface area contributed by atoms with Crippen LogP contribution >= 0.6 is 0 Å². The number of nitrogens with zero attached hydrogens (tertiary/aromatic N) is 3. The molecule has 0 atom stereocenters. The van der Waals surface area contributed by atoms with Crippen LogP contribution in [0.15, 0.2) is 18.5 Å². The highest BCUT2D eigenvalue weighted by molar-refractivity contribution is 5.99. The molecule has 2 heterocycles. The van der Waals surface area contributed by atoms with Crippen LogP contribution in [0.2, 0.25) is 0 Å². The molecule has 2 aromatic rings. The number of amides is 1. The maximum atomic E-state index is 11.3. The minimum Gasteiger partial charge on any atom is -0.397 e. The number of primary amides is 1. The van der Waals surface area contributed by atoms with Crippen molar-refractivity contribution in [2.24, 2.45) is 12.8 Å². The Labute approximate surface area is 104 Å². The molecule has 0 spiro atoms. The average Bonchev–Trinajstić information content (AvgIpc) is 2.60. The average molecular weight is 246 g/mol. The third kappa shape index (κ3) is 2.24. The number of carbonyl (C=O) groups is 1. The molecule has 2 aromatic heterocycles. The normalized spacial score (nSPS) is 10.3. The summed E-state index contributed by atoms with van der Waals surface area (Å²) in [5.41, 5.74) is 13.1. The van der Waals surface area contributed by atoms with Gasteiger partial charge >= 0.3 is 0 Å². The lowest BCUT2D eigenvalue weighted by atomic mass is 10.2. The molecular weight excluding hydrogens is 232 g/mol. The second-order valence-electron chi connectivity index (χ2n) is 3.96. The van der Waals surface area contributed by atoms with Gasteiger partial charge in [0.25, 0.3) is 5.91 Å². The molecule has 94 valence electrons. The summed E-state index contributed by atoms with van der Waals surface area (Å²) >= 11 is 0. The highest BCUT2D eigenvalue weighted by Gasteiger charge is 2.12. The quantitative estimate of drug-likeness (QED) is 0.732. The summed E-state index contributed by atoms with van der Waals surface area (Å²) in [6, 6.07) is 1.49. The van der Waals surface area contributed by atoms with Crippen LogP contribution in [0.25, 0.3) is 0 Å². The largest absolute Gasteiger partial charge is 0.397 e. The summed E-state index contributed by atoms with van der Waals surface area (Å²) < 4.78 is 1.67. The fraction of sp³-hybridized carbons (Fsp3) is 0.182. The van der Waals surface area contributed by atoms with Crippen LogP contribution in [0.3, 0.4) is 0 Å². The maximum Gasteiger partial charge on any atom is 0.252 e. The minimum absolute atomic E-state index is 0.248. The molecular formula is C11H14N6O. The van der Waals surface area contributed by atoms with Gasteiger partial charge in [0.1, 0.15) is 5.82 Å². The second-order valence-corrected chi connectivity index (χ2v) is 3.96. The van der Waals surface area contributed by atoms with Crippen molar-refractivity contribution >= 4 is 23.1 Å². The van der Waals surface area contributed by atoms with Crippen LogP contribution in [0.4, 0.5) is 17.2 Å². The van der Waals surface area contributed by atoms with E-state index in [0.717, 1.165) is 11.4 Å². The molecule has 1 amide bonds. The van der Waals surface area contributed by atoms with E-state index in [2.05, 4.69) is 15.4 Å². The molecule has 0 bridgehead atoms. The third-order valence-corrected chi connectivity index (χ3v) is 2.44. The second kappa shape index (κ2) is 4.36. The number of nitrogen functional groups attached to an aromatic ring is 1. The highest BCUT2D eigenvalue weighted by atomic mass is 16.1. The number of aryl methyl sites for hydroxylation is 2. The first-order valence-corrected chi connectivity index (χ1v) is 5.30. The zero-order valence-corrected chi connectivity index (χ0v) is 10.1. The van der Waals surface area contributed by atoms with Crippen molar-refractivity contribution in [1.29, 1.82) is 0 Å². The minimum atomic E-state index is -0.584. The molecule has 0 radical (unpaired) electrons. The molecule has 0 saturated heterocycles. The van der Waals surface area contributed by atoms with Gasteiger partial charge in [-0.2, -0.15) is 5.10 Å². The van der Waals surface area contributed by atoms with Crippen molar-refractivity contribution in [1.82, 2.24) is 14.8 Å². The Morgan fingerprint density at radius 1 is 1.50 bits per heavy atom. The van der Waals surface area contributed by atoms with Gasteiger partial charge in [0, 0.05) is 13.2 Å². The number of hydrogen-bond acceptors (Lipinski definition) is 5. The molecule has 0 aromatic carbocycles. The number of aromatic nitrogens is 3. The summed E-state index contributed by atoms with van der Waals surface area (Å²) in [6.07, 6.45) is 3.25. The maximum absolute atomic E-state index is 11.3. The van der Waals surface area contributed by atoms with E-state index < -0.39 is 5.91 Å². The topological polar surface area (TPSA) is 112 Å². The molecule has 0 aliphatic heterocycles. The summed E-state index contributed by atoms with van der Waals surface area (Å²) in [5.74, 6) is -0.216. The van der Waals surface area contributed by atoms with Gasteiger partial charge in [0.15, 0.2) is 0 Å². The van der Waals surface area contributed by atoms with E-state index in [1.165, 1.54) is 12.3 Å². The Morgan fingerprint density at radius 3 is 2.78 bits per heavy atom. The Bertz CT molecular complexity index is 604. The van der Waals surface area contributed by atoms with Crippen molar-refractivity contribution in [3.8, 4) is 0 Å². The van der Waals surface area contributed by atoms with Crippen LogP contribution in [0, 0.1) is 6.92 Å². The van der Waals surface area contributed by atoms with Gasteiger partial charge in [-0.25, -0.2) is 4.98 Å².